The van der Waals surface area contributed by atoms with Gasteiger partial charge < -0.3 is 4.57 Å². The second-order valence-electron chi connectivity index (χ2n) is 3.57. The Morgan fingerprint density at radius 2 is 2.07 bits per heavy atom. The van der Waals surface area contributed by atoms with Gasteiger partial charge in [0.25, 0.3) is 5.56 Å². The van der Waals surface area contributed by atoms with Gasteiger partial charge in [-0.05, 0) is 43.5 Å². The van der Waals surface area contributed by atoms with Gasteiger partial charge in [0, 0.05) is 22.1 Å². The van der Waals surface area contributed by atoms with E-state index in [9.17, 15) is 4.79 Å². The van der Waals surface area contributed by atoms with Crippen LogP contribution in [-0.2, 0) is 6.54 Å². The molecule has 2 rings (SSSR count). The van der Waals surface area contributed by atoms with Gasteiger partial charge in [-0.25, -0.2) is 0 Å². The third kappa shape index (κ3) is 1.72. The number of nitrogens with zero attached hydrogens (tertiary/aromatic N) is 1. The van der Waals surface area contributed by atoms with E-state index in [1.54, 1.807) is 4.57 Å². The number of hydrogen-bond donors (Lipinski definition) is 0. The van der Waals surface area contributed by atoms with Gasteiger partial charge in [0.05, 0.1) is 0 Å². The summed E-state index contributed by atoms with van der Waals surface area (Å²) < 4.78 is 2.79. The van der Waals surface area contributed by atoms with Gasteiger partial charge in [0.1, 0.15) is 0 Å². The summed E-state index contributed by atoms with van der Waals surface area (Å²) in [5, 5.41) is 1.78. The largest absolute Gasteiger partial charge is 0.313 e. The van der Waals surface area contributed by atoms with Gasteiger partial charge in [-0.2, -0.15) is 0 Å². The zero-order chi connectivity index (χ0) is 11.0. The number of halogens is 1. The minimum atomic E-state index is 0.0972. The molecule has 0 bridgehead atoms. The Bertz CT molecular complexity index is 572. The van der Waals surface area contributed by atoms with Gasteiger partial charge in [-0.1, -0.05) is 15.9 Å². The highest BCUT2D eigenvalue weighted by Crippen LogP contribution is 2.18. The number of benzene rings is 1. The standard InChI is InChI=1S/C12H12BrNO/c1-3-14-8(2)6-9-7-10(13)4-5-11(9)12(14)15/h4-7H,3H2,1-2H3. The van der Waals surface area contributed by atoms with Crippen LogP contribution in [0.5, 0.6) is 0 Å². The molecule has 0 fully saturated rings. The van der Waals surface area contributed by atoms with Crippen LogP contribution in [0.1, 0.15) is 12.6 Å². The fraction of sp³-hybridized carbons (Fsp3) is 0.250. The van der Waals surface area contributed by atoms with E-state index >= 15 is 0 Å². The molecule has 1 aromatic heterocycles. The Labute approximate surface area is 96.7 Å². The summed E-state index contributed by atoms with van der Waals surface area (Å²) in [4.78, 5) is 12.0. The third-order valence-electron chi connectivity index (χ3n) is 2.60. The lowest BCUT2D eigenvalue weighted by Crippen LogP contribution is -2.21. The number of pyridine rings is 1. The molecule has 1 heterocycles. The Kier molecular flexibility index (Phi) is 2.65. The first-order valence-corrected chi connectivity index (χ1v) is 5.72. The maximum atomic E-state index is 12.0. The normalized spacial score (nSPS) is 10.9. The molecule has 0 amide bonds. The maximum Gasteiger partial charge on any atom is 0.258 e. The molecule has 0 aliphatic rings. The Balaban J connectivity index is 2.91. The van der Waals surface area contributed by atoms with Gasteiger partial charge in [-0.3, -0.25) is 4.79 Å². The van der Waals surface area contributed by atoms with Crippen molar-refractivity contribution < 1.29 is 0 Å². The van der Waals surface area contributed by atoms with Crippen LogP contribution in [-0.4, -0.2) is 4.57 Å². The van der Waals surface area contributed by atoms with Gasteiger partial charge in [0.15, 0.2) is 0 Å². The average molecular weight is 266 g/mol. The van der Waals surface area contributed by atoms with Crippen molar-refractivity contribution in [3.8, 4) is 0 Å². The van der Waals surface area contributed by atoms with Crippen molar-refractivity contribution in [2.75, 3.05) is 0 Å². The predicted molar refractivity (Wildman–Crippen MR) is 66.3 cm³/mol. The fourth-order valence-corrected chi connectivity index (χ4v) is 2.23. The highest BCUT2D eigenvalue weighted by atomic mass is 79.9. The summed E-state index contributed by atoms with van der Waals surface area (Å²) in [6, 6.07) is 7.79. The molecule has 0 spiro atoms. The molecule has 0 radical (unpaired) electrons. The molecule has 3 heteroatoms. The maximum absolute atomic E-state index is 12.0. The summed E-state index contributed by atoms with van der Waals surface area (Å²) in [5.74, 6) is 0. The fourth-order valence-electron chi connectivity index (χ4n) is 1.85. The van der Waals surface area contributed by atoms with Crippen LogP contribution < -0.4 is 5.56 Å². The van der Waals surface area contributed by atoms with E-state index in [2.05, 4.69) is 15.9 Å². The molecule has 2 nitrogen and oxygen atoms in total. The minimum absolute atomic E-state index is 0.0972. The summed E-state index contributed by atoms with van der Waals surface area (Å²) >= 11 is 3.41. The topological polar surface area (TPSA) is 22.0 Å². The van der Waals surface area contributed by atoms with Crippen molar-refractivity contribution in [3.05, 3.63) is 44.8 Å². The van der Waals surface area contributed by atoms with Crippen LogP contribution in [0.3, 0.4) is 0 Å². The highest BCUT2D eigenvalue weighted by molar-refractivity contribution is 9.10. The molecular weight excluding hydrogens is 254 g/mol. The summed E-state index contributed by atoms with van der Waals surface area (Å²) in [5.41, 5.74) is 1.10. The summed E-state index contributed by atoms with van der Waals surface area (Å²) in [6.45, 7) is 4.67. The molecule has 0 N–H and O–H groups in total. The Morgan fingerprint density at radius 3 is 2.73 bits per heavy atom. The van der Waals surface area contributed by atoms with Crippen LogP contribution >= 0.6 is 15.9 Å². The van der Waals surface area contributed by atoms with E-state index in [-0.39, 0.29) is 5.56 Å². The van der Waals surface area contributed by atoms with Crippen molar-refractivity contribution in [2.24, 2.45) is 0 Å². The van der Waals surface area contributed by atoms with Crippen LogP contribution in [0.25, 0.3) is 10.8 Å². The second kappa shape index (κ2) is 3.81. The first kappa shape index (κ1) is 10.4. The zero-order valence-corrected chi connectivity index (χ0v) is 10.3. The SMILES string of the molecule is CCn1c(C)cc2cc(Br)ccc2c1=O. The van der Waals surface area contributed by atoms with Crippen LogP contribution in [0.15, 0.2) is 33.5 Å². The lowest BCUT2D eigenvalue weighted by atomic mass is 10.1. The van der Waals surface area contributed by atoms with Crippen molar-refractivity contribution in [1.29, 1.82) is 0 Å². The van der Waals surface area contributed by atoms with Crippen molar-refractivity contribution in [3.63, 3.8) is 0 Å². The van der Waals surface area contributed by atoms with E-state index in [0.29, 0.717) is 0 Å². The molecule has 15 heavy (non-hydrogen) atoms. The number of hydrogen-bond acceptors (Lipinski definition) is 1. The average Bonchev–Trinajstić information content (AvgIpc) is 2.17. The summed E-state index contributed by atoms with van der Waals surface area (Å²) in [7, 11) is 0. The van der Waals surface area contributed by atoms with E-state index < -0.39 is 0 Å². The van der Waals surface area contributed by atoms with Gasteiger partial charge >= 0.3 is 0 Å². The number of rotatable bonds is 1. The molecule has 0 atom stereocenters. The Morgan fingerprint density at radius 1 is 1.33 bits per heavy atom. The van der Waals surface area contributed by atoms with E-state index in [0.717, 1.165) is 27.5 Å². The smallest absolute Gasteiger partial charge is 0.258 e. The monoisotopic (exact) mass is 265 g/mol. The Hall–Kier alpha value is -1.09. The lowest BCUT2D eigenvalue weighted by molar-refractivity contribution is 0.708. The molecular formula is C12H12BrNO. The van der Waals surface area contributed by atoms with Crippen molar-refractivity contribution >= 4 is 26.7 Å². The molecule has 78 valence electrons. The molecule has 0 unspecified atom stereocenters. The second-order valence-corrected chi connectivity index (χ2v) is 4.48. The van der Waals surface area contributed by atoms with E-state index in [1.807, 2.05) is 38.1 Å². The first-order chi connectivity index (χ1) is 7.13. The third-order valence-corrected chi connectivity index (χ3v) is 3.09. The molecule has 1 aromatic carbocycles. The first-order valence-electron chi connectivity index (χ1n) is 4.93. The molecule has 0 saturated carbocycles. The van der Waals surface area contributed by atoms with Crippen LogP contribution in [0.4, 0.5) is 0 Å². The highest BCUT2D eigenvalue weighted by Gasteiger charge is 2.04. The summed E-state index contributed by atoms with van der Waals surface area (Å²) in [6.07, 6.45) is 0. The molecule has 0 aliphatic carbocycles. The number of aromatic nitrogens is 1. The quantitative estimate of drug-likeness (QED) is 0.777. The number of fused-ring (bicyclic) bond motifs is 1. The van der Waals surface area contributed by atoms with E-state index in [4.69, 9.17) is 0 Å². The van der Waals surface area contributed by atoms with Crippen molar-refractivity contribution in [2.45, 2.75) is 20.4 Å². The van der Waals surface area contributed by atoms with Crippen LogP contribution in [0, 0.1) is 6.92 Å². The van der Waals surface area contributed by atoms with E-state index in [1.165, 1.54) is 0 Å². The number of aryl methyl sites for hydroxylation is 1. The molecule has 0 aliphatic heterocycles. The molecule has 2 aromatic rings. The minimum Gasteiger partial charge on any atom is -0.313 e. The molecule has 0 saturated heterocycles. The predicted octanol–water partition coefficient (Wildman–Crippen LogP) is 3.09. The van der Waals surface area contributed by atoms with Gasteiger partial charge in [0.2, 0.25) is 0 Å². The van der Waals surface area contributed by atoms with Crippen molar-refractivity contribution in [1.82, 2.24) is 4.57 Å². The van der Waals surface area contributed by atoms with Gasteiger partial charge in [-0.15, -0.1) is 0 Å². The van der Waals surface area contributed by atoms with Crippen LogP contribution in [0.2, 0.25) is 0 Å². The lowest BCUT2D eigenvalue weighted by Gasteiger charge is -2.08. The zero-order valence-electron chi connectivity index (χ0n) is 8.75.